The number of carbonyl (C=O) groups is 1. The predicted octanol–water partition coefficient (Wildman–Crippen LogP) is 1.20. The van der Waals surface area contributed by atoms with Crippen molar-refractivity contribution < 1.29 is 4.79 Å². The number of nitrogens with two attached hydrogens (primary N) is 1. The van der Waals surface area contributed by atoms with Crippen molar-refractivity contribution in [1.29, 1.82) is 0 Å². The van der Waals surface area contributed by atoms with E-state index < -0.39 is 0 Å². The van der Waals surface area contributed by atoms with Crippen LogP contribution in [-0.2, 0) is 11.3 Å². The van der Waals surface area contributed by atoms with E-state index in [1.54, 1.807) is 0 Å². The number of piperazine rings is 1. The maximum atomic E-state index is 11.6. The lowest BCUT2D eigenvalue weighted by atomic mass is 10.2. The van der Waals surface area contributed by atoms with E-state index in [4.69, 9.17) is 5.73 Å². The maximum absolute atomic E-state index is 11.6. The van der Waals surface area contributed by atoms with Crippen LogP contribution in [0, 0.1) is 0 Å². The van der Waals surface area contributed by atoms with Gasteiger partial charge in [0.1, 0.15) is 0 Å². The summed E-state index contributed by atoms with van der Waals surface area (Å²) in [6.07, 6.45) is 0.602. The van der Waals surface area contributed by atoms with E-state index in [9.17, 15) is 4.79 Å². The first kappa shape index (κ1) is 12.9. The Morgan fingerprint density at radius 3 is 2.28 bits per heavy atom. The van der Waals surface area contributed by atoms with Gasteiger partial charge in [0, 0.05) is 44.8 Å². The van der Waals surface area contributed by atoms with E-state index in [1.165, 1.54) is 5.69 Å². The van der Waals surface area contributed by atoms with Crippen molar-refractivity contribution in [3.05, 3.63) is 29.8 Å². The molecular formula is C14H21N3O. The zero-order valence-corrected chi connectivity index (χ0v) is 10.9. The van der Waals surface area contributed by atoms with Crippen molar-refractivity contribution in [1.82, 2.24) is 4.90 Å². The minimum absolute atomic E-state index is 0.258. The van der Waals surface area contributed by atoms with Gasteiger partial charge in [-0.25, -0.2) is 0 Å². The molecule has 0 aromatic heterocycles. The van der Waals surface area contributed by atoms with Crippen LogP contribution >= 0.6 is 0 Å². The number of benzene rings is 1. The third-order valence-electron chi connectivity index (χ3n) is 3.47. The first-order valence-corrected chi connectivity index (χ1v) is 6.56. The van der Waals surface area contributed by atoms with Gasteiger partial charge in [0.15, 0.2) is 0 Å². The molecule has 0 bridgehead atoms. The first-order valence-electron chi connectivity index (χ1n) is 6.56. The summed E-state index contributed by atoms with van der Waals surface area (Å²) in [5.74, 6) is 0.258. The lowest BCUT2D eigenvalue weighted by Gasteiger charge is -2.36. The number of anilines is 1. The highest BCUT2D eigenvalue weighted by Gasteiger charge is 2.19. The van der Waals surface area contributed by atoms with E-state index >= 15 is 0 Å². The van der Waals surface area contributed by atoms with Gasteiger partial charge >= 0.3 is 0 Å². The fourth-order valence-electron chi connectivity index (χ4n) is 2.28. The minimum Gasteiger partial charge on any atom is -0.368 e. The molecule has 0 radical (unpaired) electrons. The second-order valence-electron chi connectivity index (χ2n) is 4.59. The van der Waals surface area contributed by atoms with E-state index in [-0.39, 0.29) is 5.91 Å². The number of hydrogen-bond acceptors (Lipinski definition) is 3. The Labute approximate surface area is 108 Å². The molecular weight excluding hydrogens is 226 g/mol. The van der Waals surface area contributed by atoms with Crippen molar-refractivity contribution in [2.45, 2.75) is 19.9 Å². The Balaban J connectivity index is 1.94. The minimum atomic E-state index is 0.258. The van der Waals surface area contributed by atoms with Gasteiger partial charge in [-0.2, -0.15) is 0 Å². The highest BCUT2D eigenvalue weighted by Crippen LogP contribution is 2.17. The summed E-state index contributed by atoms with van der Waals surface area (Å²) >= 11 is 0. The molecule has 0 atom stereocenters. The van der Waals surface area contributed by atoms with Crippen molar-refractivity contribution in [3.63, 3.8) is 0 Å². The molecule has 0 spiro atoms. The third kappa shape index (κ3) is 2.82. The number of rotatable bonds is 3. The van der Waals surface area contributed by atoms with Crippen molar-refractivity contribution in [2.24, 2.45) is 5.73 Å². The van der Waals surface area contributed by atoms with Gasteiger partial charge in [-0.1, -0.05) is 19.1 Å². The molecule has 1 aliphatic rings. The summed E-state index contributed by atoms with van der Waals surface area (Å²) < 4.78 is 0. The second-order valence-corrected chi connectivity index (χ2v) is 4.59. The fourth-order valence-corrected chi connectivity index (χ4v) is 2.28. The van der Waals surface area contributed by atoms with E-state index in [2.05, 4.69) is 29.2 Å². The highest BCUT2D eigenvalue weighted by atomic mass is 16.2. The Bertz CT molecular complexity index is 394. The quantitative estimate of drug-likeness (QED) is 0.873. The van der Waals surface area contributed by atoms with Crippen LogP contribution in [0.25, 0.3) is 0 Å². The van der Waals surface area contributed by atoms with Crippen LogP contribution in [0.15, 0.2) is 24.3 Å². The molecule has 18 heavy (non-hydrogen) atoms. The van der Waals surface area contributed by atoms with Crippen LogP contribution in [0.4, 0.5) is 5.69 Å². The summed E-state index contributed by atoms with van der Waals surface area (Å²) in [5, 5.41) is 0. The van der Waals surface area contributed by atoms with Gasteiger partial charge in [-0.15, -0.1) is 0 Å². The van der Waals surface area contributed by atoms with Crippen molar-refractivity contribution in [2.75, 3.05) is 31.1 Å². The molecule has 2 rings (SSSR count). The Morgan fingerprint density at radius 1 is 1.17 bits per heavy atom. The molecule has 0 saturated carbocycles. The first-order chi connectivity index (χ1) is 8.74. The standard InChI is InChI=1S/C14H21N3O/c1-2-14(18)17-9-7-16(8-10-17)13-5-3-12(11-15)4-6-13/h3-6H,2,7-11,15H2,1H3. The Morgan fingerprint density at radius 2 is 1.78 bits per heavy atom. The largest absolute Gasteiger partial charge is 0.368 e. The number of nitrogens with zero attached hydrogens (tertiary/aromatic N) is 2. The van der Waals surface area contributed by atoms with Crippen LogP contribution < -0.4 is 10.6 Å². The van der Waals surface area contributed by atoms with Gasteiger partial charge in [0.05, 0.1) is 0 Å². The molecule has 0 aliphatic carbocycles. The number of carbonyl (C=O) groups excluding carboxylic acids is 1. The third-order valence-corrected chi connectivity index (χ3v) is 3.47. The highest BCUT2D eigenvalue weighted by molar-refractivity contribution is 5.76. The number of amides is 1. The van der Waals surface area contributed by atoms with Crippen LogP contribution in [0.2, 0.25) is 0 Å². The molecule has 4 nitrogen and oxygen atoms in total. The molecule has 1 aromatic carbocycles. The lowest BCUT2D eigenvalue weighted by molar-refractivity contribution is -0.131. The normalized spacial score (nSPS) is 15.9. The molecule has 1 amide bonds. The molecule has 1 saturated heterocycles. The molecule has 1 fully saturated rings. The molecule has 4 heteroatoms. The second kappa shape index (κ2) is 5.87. The van der Waals surface area contributed by atoms with E-state index in [0.29, 0.717) is 13.0 Å². The van der Waals surface area contributed by atoms with Gasteiger partial charge < -0.3 is 15.5 Å². The maximum Gasteiger partial charge on any atom is 0.222 e. The number of hydrogen-bond donors (Lipinski definition) is 1. The van der Waals surface area contributed by atoms with Gasteiger partial charge in [0.25, 0.3) is 0 Å². The molecule has 0 unspecified atom stereocenters. The Hall–Kier alpha value is -1.55. The predicted molar refractivity (Wildman–Crippen MR) is 73.4 cm³/mol. The summed E-state index contributed by atoms with van der Waals surface area (Å²) in [6.45, 7) is 5.97. The van der Waals surface area contributed by atoms with E-state index in [1.807, 2.05) is 11.8 Å². The lowest BCUT2D eigenvalue weighted by Crippen LogP contribution is -2.48. The molecule has 1 heterocycles. The fraction of sp³-hybridized carbons (Fsp3) is 0.500. The zero-order chi connectivity index (χ0) is 13.0. The van der Waals surface area contributed by atoms with Crippen LogP contribution in [-0.4, -0.2) is 37.0 Å². The van der Waals surface area contributed by atoms with Crippen LogP contribution in [0.5, 0.6) is 0 Å². The summed E-state index contributed by atoms with van der Waals surface area (Å²) in [7, 11) is 0. The van der Waals surface area contributed by atoms with E-state index in [0.717, 1.165) is 31.7 Å². The smallest absolute Gasteiger partial charge is 0.222 e. The molecule has 1 aliphatic heterocycles. The average molecular weight is 247 g/mol. The zero-order valence-electron chi connectivity index (χ0n) is 10.9. The summed E-state index contributed by atoms with van der Waals surface area (Å²) in [5.41, 5.74) is 7.96. The topological polar surface area (TPSA) is 49.6 Å². The summed E-state index contributed by atoms with van der Waals surface area (Å²) in [4.78, 5) is 15.9. The molecule has 98 valence electrons. The molecule has 2 N–H and O–H groups in total. The van der Waals surface area contributed by atoms with Gasteiger partial charge in [0.2, 0.25) is 5.91 Å². The van der Waals surface area contributed by atoms with Crippen LogP contribution in [0.3, 0.4) is 0 Å². The average Bonchev–Trinajstić information content (AvgIpc) is 2.47. The van der Waals surface area contributed by atoms with Gasteiger partial charge in [-0.3, -0.25) is 4.79 Å². The summed E-state index contributed by atoms with van der Waals surface area (Å²) in [6, 6.07) is 8.36. The van der Waals surface area contributed by atoms with Gasteiger partial charge in [-0.05, 0) is 17.7 Å². The Kier molecular flexibility index (Phi) is 4.20. The monoisotopic (exact) mass is 247 g/mol. The van der Waals surface area contributed by atoms with Crippen LogP contribution in [0.1, 0.15) is 18.9 Å². The molecule has 1 aromatic rings. The van der Waals surface area contributed by atoms with Crippen molar-refractivity contribution in [3.8, 4) is 0 Å². The SMILES string of the molecule is CCC(=O)N1CCN(c2ccc(CN)cc2)CC1. The van der Waals surface area contributed by atoms with Crippen molar-refractivity contribution >= 4 is 11.6 Å².